The Kier molecular flexibility index (Phi) is 6.16. The van der Waals surface area contributed by atoms with Crippen molar-refractivity contribution in [1.82, 2.24) is 5.32 Å². The molecule has 1 amide bonds. The van der Waals surface area contributed by atoms with E-state index < -0.39 is 0 Å². The summed E-state index contributed by atoms with van der Waals surface area (Å²) in [5, 5.41) is 2.97. The molecule has 0 heterocycles. The van der Waals surface area contributed by atoms with Crippen molar-refractivity contribution >= 4 is 11.7 Å². The molecular weight excluding hydrogens is 334 g/mol. The van der Waals surface area contributed by atoms with Crippen LogP contribution in [-0.2, 0) is 4.79 Å². The molecule has 0 radical (unpaired) electrons. The molecule has 3 aromatic rings. The highest BCUT2D eigenvalue weighted by molar-refractivity contribution is 5.97. The van der Waals surface area contributed by atoms with Crippen LogP contribution < -0.4 is 5.32 Å². The summed E-state index contributed by atoms with van der Waals surface area (Å²) in [5.41, 5.74) is 4.00. The van der Waals surface area contributed by atoms with Crippen molar-refractivity contribution in [1.29, 1.82) is 0 Å². The van der Waals surface area contributed by atoms with Crippen LogP contribution in [0.3, 0.4) is 0 Å². The second kappa shape index (κ2) is 8.95. The van der Waals surface area contributed by atoms with Gasteiger partial charge in [-0.1, -0.05) is 84.9 Å². The summed E-state index contributed by atoms with van der Waals surface area (Å²) in [6.07, 6.45) is 0.412. The maximum atomic E-state index is 12.2. The average Bonchev–Trinajstić information content (AvgIpc) is 2.73. The van der Waals surface area contributed by atoms with Crippen LogP contribution in [0.4, 0.5) is 0 Å². The summed E-state index contributed by atoms with van der Waals surface area (Å²) in [7, 11) is 0. The number of benzene rings is 3. The molecular formula is C24H23NO2. The minimum Gasteiger partial charge on any atom is -0.350 e. The third kappa shape index (κ3) is 5.14. The van der Waals surface area contributed by atoms with E-state index in [0.29, 0.717) is 5.56 Å². The molecule has 0 saturated carbocycles. The second-order valence-corrected chi connectivity index (χ2v) is 6.57. The number of rotatable bonds is 7. The maximum absolute atomic E-state index is 12.2. The molecule has 3 heteroatoms. The molecule has 3 rings (SSSR count). The summed E-state index contributed by atoms with van der Waals surface area (Å²) in [6, 6.07) is 27.3. The lowest BCUT2D eigenvalue weighted by Gasteiger charge is -2.15. The quantitative estimate of drug-likeness (QED) is 0.591. The van der Waals surface area contributed by atoms with E-state index in [9.17, 15) is 9.59 Å². The molecule has 0 bridgehead atoms. The largest absolute Gasteiger partial charge is 0.350 e. The molecule has 3 nitrogen and oxygen atoms in total. The standard InChI is InChI=1S/C24H23NO2/c1-18(19-12-14-21(15-13-19)20-8-4-2-5-9-20)25-24(27)17-16-23(26)22-10-6-3-7-11-22/h2-15,18H,16-17H2,1H3,(H,25,27). The van der Waals surface area contributed by atoms with Crippen molar-refractivity contribution in [2.45, 2.75) is 25.8 Å². The van der Waals surface area contributed by atoms with E-state index in [4.69, 9.17) is 0 Å². The Morgan fingerprint density at radius 3 is 1.93 bits per heavy atom. The van der Waals surface area contributed by atoms with E-state index in [0.717, 1.165) is 11.1 Å². The van der Waals surface area contributed by atoms with Crippen LogP contribution in [0.25, 0.3) is 11.1 Å². The Labute approximate surface area is 160 Å². The van der Waals surface area contributed by atoms with Crippen LogP contribution in [0.2, 0.25) is 0 Å². The highest BCUT2D eigenvalue weighted by Gasteiger charge is 2.12. The zero-order chi connectivity index (χ0) is 19.1. The summed E-state index contributed by atoms with van der Waals surface area (Å²) in [5.74, 6) is -0.121. The predicted molar refractivity (Wildman–Crippen MR) is 108 cm³/mol. The first-order chi connectivity index (χ1) is 13.1. The Morgan fingerprint density at radius 1 is 0.741 bits per heavy atom. The first-order valence-corrected chi connectivity index (χ1v) is 9.16. The molecule has 1 unspecified atom stereocenters. The molecule has 1 atom stereocenters. The SMILES string of the molecule is CC(NC(=O)CCC(=O)c1ccccc1)c1ccc(-c2ccccc2)cc1. The maximum Gasteiger partial charge on any atom is 0.220 e. The van der Waals surface area contributed by atoms with Crippen molar-refractivity contribution in [3.8, 4) is 11.1 Å². The van der Waals surface area contributed by atoms with Gasteiger partial charge in [0, 0.05) is 18.4 Å². The van der Waals surface area contributed by atoms with Gasteiger partial charge in [0.2, 0.25) is 5.91 Å². The molecule has 0 aliphatic heterocycles. The second-order valence-electron chi connectivity index (χ2n) is 6.57. The third-order valence-electron chi connectivity index (χ3n) is 4.57. The van der Waals surface area contributed by atoms with Gasteiger partial charge in [-0.25, -0.2) is 0 Å². The smallest absolute Gasteiger partial charge is 0.220 e. The van der Waals surface area contributed by atoms with Gasteiger partial charge in [0.15, 0.2) is 5.78 Å². The first-order valence-electron chi connectivity index (χ1n) is 9.16. The van der Waals surface area contributed by atoms with Crippen LogP contribution in [-0.4, -0.2) is 11.7 Å². The predicted octanol–water partition coefficient (Wildman–Crippen LogP) is 5.19. The summed E-state index contributed by atoms with van der Waals surface area (Å²) >= 11 is 0. The third-order valence-corrected chi connectivity index (χ3v) is 4.57. The van der Waals surface area contributed by atoms with E-state index in [-0.39, 0.29) is 30.6 Å². The fourth-order valence-electron chi connectivity index (χ4n) is 2.99. The van der Waals surface area contributed by atoms with Gasteiger partial charge in [-0.05, 0) is 23.6 Å². The normalized spacial score (nSPS) is 11.6. The van der Waals surface area contributed by atoms with E-state index in [2.05, 4.69) is 29.6 Å². The zero-order valence-corrected chi connectivity index (χ0v) is 15.4. The fraction of sp³-hybridized carbons (Fsp3) is 0.167. The van der Waals surface area contributed by atoms with Crippen LogP contribution >= 0.6 is 0 Å². The van der Waals surface area contributed by atoms with Gasteiger partial charge in [-0.3, -0.25) is 9.59 Å². The lowest BCUT2D eigenvalue weighted by molar-refractivity contribution is -0.121. The van der Waals surface area contributed by atoms with Crippen LogP contribution in [0.1, 0.15) is 41.7 Å². The number of hydrogen-bond acceptors (Lipinski definition) is 2. The molecule has 0 saturated heterocycles. The molecule has 0 aliphatic carbocycles. The Bertz CT molecular complexity index is 887. The average molecular weight is 357 g/mol. The van der Waals surface area contributed by atoms with Crippen molar-refractivity contribution in [3.63, 3.8) is 0 Å². The Balaban J connectivity index is 1.53. The molecule has 1 N–H and O–H groups in total. The molecule has 0 aliphatic rings. The number of carbonyl (C=O) groups excluding carboxylic acids is 2. The fourth-order valence-corrected chi connectivity index (χ4v) is 2.99. The summed E-state index contributed by atoms with van der Waals surface area (Å²) < 4.78 is 0. The van der Waals surface area contributed by atoms with Crippen molar-refractivity contribution in [2.24, 2.45) is 0 Å². The Morgan fingerprint density at radius 2 is 1.30 bits per heavy atom. The topological polar surface area (TPSA) is 46.2 Å². The molecule has 27 heavy (non-hydrogen) atoms. The number of nitrogens with one attached hydrogen (secondary N) is 1. The highest BCUT2D eigenvalue weighted by Crippen LogP contribution is 2.21. The molecule has 0 spiro atoms. The molecule has 3 aromatic carbocycles. The van der Waals surface area contributed by atoms with Gasteiger partial charge in [-0.2, -0.15) is 0 Å². The van der Waals surface area contributed by atoms with Gasteiger partial charge in [0.05, 0.1) is 6.04 Å². The Hall–Kier alpha value is -3.20. The lowest BCUT2D eigenvalue weighted by atomic mass is 10.0. The van der Waals surface area contributed by atoms with Gasteiger partial charge < -0.3 is 5.32 Å². The van der Waals surface area contributed by atoms with Gasteiger partial charge in [0.1, 0.15) is 0 Å². The summed E-state index contributed by atoms with van der Waals surface area (Å²) in [6.45, 7) is 1.95. The molecule has 0 aromatic heterocycles. The van der Waals surface area contributed by atoms with Crippen LogP contribution in [0.5, 0.6) is 0 Å². The van der Waals surface area contributed by atoms with E-state index in [1.165, 1.54) is 5.56 Å². The number of amides is 1. The van der Waals surface area contributed by atoms with Crippen LogP contribution in [0.15, 0.2) is 84.9 Å². The first kappa shape index (κ1) is 18.6. The summed E-state index contributed by atoms with van der Waals surface area (Å²) in [4.78, 5) is 24.3. The number of hydrogen-bond donors (Lipinski definition) is 1. The number of carbonyl (C=O) groups is 2. The minimum absolute atomic E-state index is 0.00869. The van der Waals surface area contributed by atoms with E-state index in [1.807, 2.05) is 55.5 Å². The van der Waals surface area contributed by atoms with Gasteiger partial charge >= 0.3 is 0 Å². The molecule has 136 valence electrons. The van der Waals surface area contributed by atoms with E-state index in [1.54, 1.807) is 12.1 Å². The highest BCUT2D eigenvalue weighted by atomic mass is 16.2. The molecule has 0 fully saturated rings. The van der Waals surface area contributed by atoms with Crippen molar-refractivity contribution < 1.29 is 9.59 Å². The van der Waals surface area contributed by atoms with E-state index >= 15 is 0 Å². The zero-order valence-electron chi connectivity index (χ0n) is 15.4. The number of ketones is 1. The number of Topliss-reactive ketones (excluding diaryl/α,β-unsaturated/α-hetero) is 1. The van der Waals surface area contributed by atoms with Crippen molar-refractivity contribution in [2.75, 3.05) is 0 Å². The van der Waals surface area contributed by atoms with Gasteiger partial charge in [0.25, 0.3) is 0 Å². The lowest BCUT2D eigenvalue weighted by Crippen LogP contribution is -2.26. The van der Waals surface area contributed by atoms with Gasteiger partial charge in [-0.15, -0.1) is 0 Å². The van der Waals surface area contributed by atoms with Crippen molar-refractivity contribution in [3.05, 3.63) is 96.1 Å². The van der Waals surface area contributed by atoms with Crippen LogP contribution in [0, 0.1) is 0 Å². The minimum atomic E-state index is -0.112. The monoisotopic (exact) mass is 357 g/mol.